The zero-order valence-electron chi connectivity index (χ0n) is 26.0. The number of pyridine rings is 1. The average molecular weight is 668 g/mol. The monoisotopic (exact) mass is 667 g/mol. The van der Waals surface area contributed by atoms with Gasteiger partial charge in [-0.25, -0.2) is 27.2 Å². The molecule has 0 saturated heterocycles. The Hall–Kier alpha value is -4.72. The quantitative estimate of drug-likeness (QED) is 0.136. The minimum Gasteiger partial charge on any atom is -0.491 e. The van der Waals surface area contributed by atoms with Crippen LogP contribution in [-0.4, -0.2) is 50.9 Å². The lowest BCUT2D eigenvalue weighted by Crippen LogP contribution is -2.43. The van der Waals surface area contributed by atoms with Gasteiger partial charge in [0.25, 0.3) is 5.91 Å². The van der Waals surface area contributed by atoms with Crippen molar-refractivity contribution in [2.24, 2.45) is 11.7 Å². The minimum absolute atomic E-state index is 0.0224. The summed E-state index contributed by atoms with van der Waals surface area (Å²) in [6, 6.07) is 5.49. The molecule has 0 bridgehead atoms. The van der Waals surface area contributed by atoms with Crippen molar-refractivity contribution in [2.45, 2.75) is 69.4 Å². The van der Waals surface area contributed by atoms with Crippen molar-refractivity contribution >= 4 is 22.7 Å². The number of aromatic nitrogens is 3. The van der Waals surface area contributed by atoms with E-state index in [0.29, 0.717) is 54.5 Å². The fourth-order valence-electron chi connectivity index (χ4n) is 5.87. The summed E-state index contributed by atoms with van der Waals surface area (Å²) in [6.45, 7) is 1.33. The van der Waals surface area contributed by atoms with Crippen LogP contribution in [0, 0.1) is 23.4 Å². The number of primary amides is 1. The molecule has 1 atom stereocenters. The van der Waals surface area contributed by atoms with E-state index in [0.717, 1.165) is 12.8 Å². The van der Waals surface area contributed by atoms with Crippen molar-refractivity contribution in [1.29, 1.82) is 0 Å². The zero-order chi connectivity index (χ0) is 34.0. The lowest BCUT2D eigenvalue weighted by molar-refractivity contribution is -0.117. The third-order valence-corrected chi connectivity index (χ3v) is 8.91. The van der Waals surface area contributed by atoms with Gasteiger partial charge in [-0.3, -0.25) is 9.59 Å². The fraction of sp³-hybridized carbons (Fsp3) is 0.412. The Labute approximate surface area is 272 Å². The summed E-state index contributed by atoms with van der Waals surface area (Å²) >= 11 is 0. The number of rotatable bonds is 13. The van der Waals surface area contributed by atoms with E-state index in [1.165, 1.54) is 16.8 Å². The van der Waals surface area contributed by atoms with Crippen molar-refractivity contribution in [3.8, 4) is 22.8 Å². The third-order valence-electron chi connectivity index (χ3n) is 8.91. The molecule has 3 saturated carbocycles. The summed E-state index contributed by atoms with van der Waals surface area (Å²) in [7, 11) is 0. The van der Waals surface area contributed by atoms with Crippen LogP contribution in [0.1, 0.15) is 67.1 Å². The molecule has 3 fully saturated rings. The Balaban J connectivity index is 1.25. The fourth-order valence-corrected chi connectivity index (χ4v) is 5.87. The van der Waals surface area contributed by atoms with Crippen LogP contribution >= 0.6 is 0 Å². The van der Waals surface area contributed by atoms with E-state index in [1.54, 1.807) is 19.2 Å². The van der Waals surface area contributed by atoms with Crippen molar-refractivity contribution in [2.75, 3.05) is 13.2 Å². The van der Waals surface area contributed by atoms with Gasteiger partial charge in [0, 0.05) is 47.2 Å². The van der Waals surface area contributed by atoms with Gasteiger partial charge in [-0.15, -0.1) is 0 Å². The molecule has 14 heteroatoms. The largest absolute Gasteiger partial charge is 0.491 e. The topological polar surface area (TPSA) is 142 Å². The molecule has 0 spiro atoms. The Kier molecular flexibility index (Phi) is 7.80. The van der Waals surface area contributed by atoms with E-state index in [2.05, 4.69) is 15.4 Å². The molecule has 2 aromatic heterocycles. The van der Waals surface area contributed by atoms with Crippen LogP contribution in [-0.2, 0) is 22.6 Å². The van der Waals surface area contributed by atoms with Crippen LogP contribution in [0.15, 0.2) is 36.5 Å². The average Bonchev–Trinajstić information content (AvgIpc) is 3.94. The van der Waals surface area contributed by atoms with Crippen molar-refractivity contribution in [3.05, 3.63) is 70.8 Å². The van der Waals surface area contributed by atoms with Crippen LogP contribution in [0.25, 0.3) is 22.2 Å². The molecule has 7 rings (SSSR count). The summed E-state index contributed by atoms with van der Waals surface area (Å²) in [4.78, 5) is 30.2. The molecule has 252 valence electrons. The second-order valence-electron chi connectivity index (χ2n) is 12.8. The summed E-state index contributed by atoms with van der Waals surface area (Å²) in [5.41, 5.74) is 3.69. The maximum atomic E-state index is 15.1. The number of hydrogen-bond acceptors (Lipinski definition) is 7. The molecular formula is C34H33F4N5O5. The molecule has 4 N–H and O–H groups in total. The van der Waals surface area contributed by atoms with Crippen LogP contribution in [0.2, 0.25) is 0 Å². The molecule has 3 aliphatic rings. The number of carbonyl (C=O) groups excluding carboxylic acids is 2. The highest BCUT2D eigenvalue weighted by atomic mass is 19.2. The van der Waals surface area contributed by atoms with E-state index in [9.17, 15) is 27.9 Å². The Morgan fingerprint density at radius 2 is 1.81 bits per heavy atom. The highest BCUT2D eigenvalue weighted by Crippen LogP contribution is 2.48. The number of nitrogens with zero attached hydrogens (tertiary/aromatic N) is 3. The predicted molar refractivity (Wildman–Crippen MR) is 164 cm³/mol. The third kappa shape index (κ3) is 6.04. The maximum Gasteiger partial charge on any atom is 0.251 e. The number of halogens is 4. The number of nitrogens with one attached hydrogen (secondary N) is 1. The van der Waals surface area contributed by atoms with E-state index < -0.39 is 52.6 Å². The predicted octanol–water partition coefficient (Wildman–Crippen LogP) is 4.93. The number of amides is 2. The first-order valence-electron chi connectivity index (χ1n) is 15.9. The van der Waals surface area contributed by atoms with E-state index in [4.69, 9.17) is 15.2 Å². The van der Waals surface area contributed by atoms with Crippen molar-refractivity contribution in [1.82, 2.24) is 20.1 Å². The molecule has 2 heterocycles. The van der Waals surface area contributed by atoms with E-state index in [1.807, 2.05) is 0 Å². The van der Waals surface area contributed by atoms with Gasteiger partial charge in [-0.2, -0.15) is 5.10 Å². The number of benzene rings is 2. The molecule has 2 aromatic carbocycles. The standard InChI is InChI=1S/C34H33F4N5O5/c1-2-47-31-17(12-28(39)44)11-27(41-30(31)22-13-24(36)25(37)14-23(22)35)34(46,20-3-4-20)16-40-32(45)18-9-19-15-43(33(38)7-8-33)42-29(19)26(10-18)48-21-5-6-21/h9-11,13-15,20-21,46H,2-8,12,16H2,1H3,(H2,39,44)(H,40,45)/t34-/m1/s1. The van der Waals surface area contributed by atoms with Gasteiger partial charge in [0.2, 0.25) is 11.7 Å². The van der Waals surface area contributed by atoms with Crippen molar-refractivity contribution < 1.29 is 41.7 Å². The molecule has 0 radical (unpaired) electrons. The second kappa shape index (κ2) is 11.8. The number of alkyl halides is 1. The molecule has 48 heavy (non-hydrogen) atoms. The van der Waals surface area contributed by atoms with E-state index >= 15 is 4.39 Å². The molecule has 4 aromatic rings. The van der Waals surface area contributed by atoms with Crippen LogP contribution < -0.4 is 20.5 Å². The molecule has 10 nitrogen and oxygen atoms in total. The minimum atomic E-state index is -1.83. The first-order valence-corrected chi connectivity index (χ1v) is 15.9. The zero-order valence-corrected chi connectivity index (χ0v) is 26.0. The van der Waals surface area contributed by atoms with Crippen LogP contribution in [0.5, 0.6) is 11.5 Å². The number of hydrogen-bond donors (Lipinski definition) is 3. The summed E-state index contributed by atoms with van der Waals surface area (Å²) in [5, 5.41) is 19.8. The Morgan fingerprint density at radius 3 is 2.46 bits per heavy atom. The number of carbonyl (C=O) groups is 2. The normalized spacial score (nSPS) is 18.0. The van der Waals surface area contributed by atoms with Crippen LogP contribution in [0.3, 0.4) is 0 Å². The molecule has 0 unspecified atom stereocenters. The summed E-state index contributed by atoms with van der Waals surface area (Å²) in [5.74, 6) is -6.90. The summed E-state index contributed by atoms with van der Waals surface area (Å²) in [6.07, 6.45) is 4.65. The summed E-state index contributed by atoms with van der Waals surface area (Å²) < 4.78 is 71.2. The molecular weight excluding hydrogens is 634 g/mol. The smallest absolute Gasteiger partial charge is 0.251 e. The number of ether oxygens (including phenoxy) is 2. The number of nitrogens with two attached hydrogens (primary N) is 1. The van der Waals surface area contributed by atoms with Gasteiger partial charge in [0.15, 0.2) is 11.6 Å². The molecule has 2 amide bonds. The first kappa shape index (κ1) is 31.9. The first-order chi connectivity index (χ1) is 22.9. The van der Waals surface area contributed by atoms with Gasteiger partial charge in [-0.05, 0) is 62.8 Å². The van der Waals surface area contributed by atoms with Gasteiger partial charge in [0.1, 0.15) is 34.1 Å². The van der Waals surface area contributed by atoms with Crippen LogP contribution in [0.4, 0.5) is 17.6 Å². The number of aliphatic hydroxyl groups is 1. The lowest BCUT2D eigenvalue weighted by Gasteiger charge is -2.30. The van der Waals surface area contributed by atoms with Gasteiger partial charge < -0.3 is 25.6 Å². The molecule has 0 aliphatic heterocycles. The highest BCUT2D eigenvalue weighted by Gasteiger charge is 2.48. The van der Waals surface area contributed by atoms with Gasteiger partial charge in [0.05, 0.1) is 31.4 Å². The maximum absolute atomic E-state index is 15.1. The lowest BCUT2D eigenvalue weighted by atomic mass is 9.90. The highest BCUT2D eigenvalue weighted by molar-refractivity contribution is 6.00. The second-order valence-corrected chi connectivity index (χ2v) is 12.8. The Morgan fingerprint density at radius 1 is 1.08 bits per heavy atom. The van der Waals surface area contributed by atoms with Crippen molar-refractivity contribution in [3.63, 3.8) is 0 Å². The Bertz CT molecular complexity index is 1960. The SMILES string of the molecule is CCOc1c(CC(N)=O)cc([C@@](O)(CNC(=O)c2cc(OC3CC3)c3nn(C4(F)CC4)cc3c2)C2CC2)nc1-c1cc(F)c(F)cc1F. The van der Waals surface area contributed by atoms with E-state index in [-0.39, 0.29) is 53.4 Å². The van der Waals surface area contributed by atoms with Gasteiger partial charge in [-0.1, -0.05) is 0 Å². The molecule has 3 aliphatic carbocycles. The number of fused-ring (bicyclic) bond motifs is 1. The van der Waals surface area contributed by atoms with Gasteiger partial charge >= 0.3 is 0 Å².